The van der Waals surface area contributed by atoms with E-state index in [0.717, 1.165) is 19.6 Å². The van der Waals surface area contributed by atoms with Crippen LogP contribution in [0, 0.1) is 0 Å². The van der Waals surface area contributed by atoms with Gasteiger partial charge in [0.25, 0.3) is 6.47 Å². The second-order valence-electron chi connectivity index (χ2n) is 5.78. The molecule has 1 fully saturated rings. The lowest BCUT2D eigenvalue weighted by molar-refractivity contribution is -0.140. The highest BCUT2D eigenvalue weighted by Gasteiger charge is 2.29. The summed E-state index contributed by atoms with van der Waals surface area (Å²) >= 11 is 0. The van der Waals surface area contributed by atoms with E-state index >= 15 is 0 Å². The molecule has 1 aliphatic heterocycles. The largest absolute Gasteiger partial charge is 0.462 e. The Morgan fingerprint density at radius 3 is 2.30 bits per heavy atom. The molecular formula is C13H25F3N2O2. The zero-order chi connectivity index (χ0) is 15.8. The molecule has 1 N–H and O–H groups in total. The molecule has 0 aromatic carbocycles. The number of carbonyl (C=O) groups excluding carboxylic acids is 1. The molecule has 0 amide bonds. The third kappa shape index (κ3) is 11.0. The van der Waals surface area contributed by atoms with Crippen molar-refractivity contribution in [2.75, 3.05) is 26.2 Å². The van der Waals surface area contributed by atoms with Crippen molar-refractivity contribution in [3.8, 4) is 0 Å². The molecule has 1 rings (SSSR count). The van der Waals surface area contributed by atoms with Crippen LogP contribution in [-0.2, 0) is 9.53 Å². The first-order valence-electron chi connectivity index (χ1n) is 6.68. The van der Waals surface area contributed by atoms with E-state index in [-0.39, 0.29) is 18.2 Å². The zero-order valence-electron chi connectivity index (χ0n) is 12.6. The van der Waals surface area contributed by atoms with Crippen LogP contribution in [0.1, 0.15) is 34.1 Å². The van der Waals surface area contributed by atoms with Crippen molar-refractivity contribution in [3.05, 3.63) is 0 Å². The molecule has 1 saturated heterocycles. The molecule has 0 aromatic rings. The lowest BCUT2D eigenvalue weighted by Gasteiger charge is -2.33. The summed E-state index contributed by atoms with van der Waals surface area (Å²) in [7, 11) is 0. The second-order valence-corrected chi connectivity index (χ2v) is 5.78. The number of rotatable bonds is 3. The predicted octanol–water partition coefficient (Wildman–Crippen LogP) is 2.19. The molecule has 20 heavy (non-hydrogen) atoms. The number of hydrogen-bond acceptors (Lipinski definition) is 4. The summed E-state index contributed by atoms with van der Waals surface area (Å²) in [5, 5.41) is 3.14. The molecule has 0 aliphatic carbocycles. The van der Waals surface area contributed by atoms with Gasteiger partial charge in [0.1, 0.15) is 5.60 Å². The van der Waals surface area contributed by atoms with Crippen molar-refractivity contribution in [1.29, 1.82) is 0 Å². The van der Waals surface area contributed by atoms with Gasteiger partial charge in [0, 0.05) is 32.2 Å². The number of nitrogens with zero attached hydrogens (tertiary/aromatic N) is 1. The summed E-state index contributed by atoms with van der Waals surface area (Å²) in [6.45, 7) is 10.3. The SMILES string of the molecule is CC(C)(C)OC=O.CC1CNCCN1CCC(F)(F)F. The van der Waals surface area contributed by atoms with Crippen LogP contribution in [0.2, 0.25) is 0 Å². The van der Waals surface area contributed by atoms with Crippen LogP contribution in [0.4, 0.5) is 13.2 Å². The molecule has 4 nitrogen and oxygen atoms in total. The molecule has 1 heterocycles. The summed E-state index contributed by atoms with van der Waals surface area (Å²) in [6.07, 6.45) is -4.72. The number of halogens is 3. The topological polar surface area (TPSA) is 41.6 Å². The minimum atomic E-state index is -4.02. The Morgan fingerprint density at radius 2 is 1.95 bits per heavy atom. The molecule has 120 valence electrons. The van der Waals surface area contributed by atoms with Gasteiger partial charge < -0.3 is 10.1 Å². The highest BCUT2D eigenvalue weighted by molar-refractivity contribution is 5.37. The number of carbonyl (C=O) groups is 1. The van der Waals surface area contributed by atoms with Gasteiger partial charge in [-0.15, -0.1) is 0 Å². The number of ether oxygens (including phenoxy) is 1. The van der Waals surface area contributed by atoms with E-state index in [9.17, 15) is 18.0 Å². The van der Waals surface area contributed by atoms with Crippen LogP contribution in [-0.4, -0.2) is 55.4 Å². The molecule has 7 heteroatoms. The van der Waals surface area contributed by atoms with E-state index in [1.54, 1.807) is 0 Å². The first-order chi connectivity index (χ1) is 9.05. The lowest BCUT2D eigenvalue weighted by Crippen LogP contribution is -2.50. The third-order valence-corrected chi connectivity index (χ3v) is 2.72. The molecule has 0 spiro atoms. The van der Waals surface area contributed by atoms with E-state index in [2.05, 4.69) is 10.1 Å². The maximum absolute atomic E-state index is 11.9. The van der Waals surface area contributed by atoms with Crippen molar-refractivity contribution in [3.63, 3.8) is 0 Å². The van der Waals surface area contributed by atoms with Gasteiger partial charge in [-0.1, -0.05) is 0 Å². The standard InChI is InChI=1S/C8H15F3N2.C5H10O2/c1-7-6-12-3-5-13(7)4-2-8(9,10)11;1-5(2,3)7-4-6/h7,12H,2-6H2,1H3;4H,1-3H3. The average molecular weight is 298 g/mol. The van der Waals surface area contributed by atoms with Gasteiger partial charge in [-0.2, -0.15) is 13.2 Å². The van der Waals surface area contributed by atoms with Gasteiger partial charge in [0.05, 0.1) is 6.42 Å². The Kier molecular flexibility index (Phi) is 8.12. The monoisotopic (exact) mass is 298 g/mol. The van der Waals surface area contributed by atoms with E-state index in [1.807, 2.05) is 32.6 Å². The number of piperazine rings is 1. The zero-order valence-corrected chi connectivity index (χ0v) is 12.6. The van der Waals surface area contributed by atoms with Crippen molar-refractivity contribution >= 4 is 6.47 Å². The normalized spacial score (nSPS) is 20.9. The first kappa shape index (κ1) is 19.2. The summed E-state index contributed by atoms with van der Waals surface area (Å²) in [5.41, 5.74) is -0.318. The molecule has 1 atom stereocenters. The van der Waals surface area contributed by atoms with Gasteiger partial charge in [-0.25, -0.2) is 0 Å². The Hall–Kier alpha value is -0.820. The molecule has 1 unspecified atom stereocenters. The highest BCUT2D eigenvalue weighted by atomic mass is 19.4. The summed E-state index contributed by atoms with van der Waals surface area (Å²) in [4.78, 5) is 11.5. The Bertz CT molecular complexity index is 278. The van der Waals surface area contributed by atoms with Crippen molar-refractivity contribution in [1.82, 2.24) is 10.2 Å². The van der Waals surface area contributed by atoms with Gasteiger partial charge in [0.15, 0.2) is 0 Å². The van der Waals surface area contributed by atoms with Crippen molar-refractivity contribution < 1.29 is 22.7 Å². The minimum Gasteiger partial charge on any atom is -0.462 e. The maximum atomic E-state index is 11.9. The van der Waals surface area contributed by atoms with Crippen LogP contribution in [0.15, 0.2) is 0 Å². The van der Waals surface area contributed by atoms with Gasteiger partial charge in [0.2, 0.25) is 0 Å². The summed E-state index contributed by atoms with van der Waals surface area (Å²) < 4.78 is 40.2. The van der Waals surface area contributed by atoms with Gasteiger partial charge in [-0.05, 0) is 27.7 Å². The minimum absolute atomic E-state index is 0.131. The quantitative estimate of drug-likeness (QED) is 0.811. The number of hydrogen-bond donors (Lipinski definition) is 1. The van der Waals surface area contributed by atoms with Crippen molar-refractivity contribution in [2.45, 2.75) is 51.9 Å². The molecule has 0 radical (unpaired) electrons. The summed E-state index contributed by atoms with van der Waals surface area (Å²) in [6, 6.07) is 0.219. The Morgan fingerprint density at radius 1 is 1.35 bits per heavy atom. The molecule has 0 bridgehead atoms. The fraction of sp³-hybridized carbons (Fsp3) is 0.923. The van der Waals surface area contributed by atoms with Crippen molar-refractivity contribution in [2.24, 2.45) is 0 Å². The fourth-order valence-electron chi connectivity index (χ4n) is 1.63. The molecule has 0 aromatic heterocycles. The smallest absolute Gasteiger partial charge is 0.390 e. The van der Waals surface area contributed by atoms with Crippen LogP contribution >= 0.6 is 0 Å². The Balaban J connectivity index is 0.000000441. The molecule has 0 saturated carbocycles. The van der Waals surface area contributed by atoms with E-state index in [4.69, 9.17) is 0 Å². The van der Waals surface area contributed by atoms with Crippen LogP contribution in [0.5, 0.6) is 0 Å². The lowest BCUT2D eigenvalue weighted by atomic mass is 10.2. The van der Waals surface area contributed by atoms with Crippen LogP contribution < -0.4 is 5.32 Å². The summed E-state index contributed by atoms with van der Waals surface area (Å²) in [5.74, 6) is 0. The highest BCUT2D eigenvalue weighted by Crippen LogP contribution is 2.20. The number of nitrogens with one attached hydrogen (secondary N) is 1. The maximum Gasteiger partial charge on any atom is 0.390 e. The predicted molar refractivity (Wildman–Crippen MR) is 71.5 cm³/mol. The second kappa shape index (κ2) is 8.46. The first-order valence-corrected chi connectivity index (χ1v) is 6.68. The van der Waals surface area contributed by atoms with Crippen LogP contribution in [0.25, 0.3) is 0 Å². The fourth-order valence-corrected chi connectivity index (χ4v) is 1.63. The van der Waals surface area contributed by atoms with Crippen LogP contribution in [0.3, 0.4) is 0 Å². The van der Waals surface area contributed by atoms with E-state index in [1.165, 1.54) is 0 Å². The van der Waals surface area contributed by atoms with Gasteiger partial charge in [-0.3, -0.25) is 9.69 Å². The molecular weight excluding hydrogens is 273 g/mol. The number of alkyl halides is 3. The van der Waals surface area contributed by atoms with E-state index < -0.39 is 12.6 Å². The third-order valence-electron chi connectivity index (χ3n) is 2.72. The Labute approximate surface area is 118 Å². The van der Waals surface area contributed by atoms with E-state index in [0.29, 0.717) is 6.47 Å². The molecule has 1 aliphatic rings. The van der Waals surface area contributed by atoms with Gasteiger partial charge >= 0.3 is 6.18 Å². The average Bonchev–Trinajstić information content (AvgIpc) is 2.26.